The molecule has 0 aromatic carbocycles. The molecule has 0 radical (unpaired) electrons. The smallest absolute Gasteiger partial charge is 0.396 e. The summed E-state index contributed by atoms with van der Waals surface area (Å²) in [5.41, 5.74) is 0. The summed E-state index contributed by atoms with van der Waals surface area (Å²) in [6.07, 6.45) is -0.363. The first kappa shape index (κ1) is 13.9. The molecule has 0 fully saturated rings. The molecule has 0 aliphatic rings. The van der Waals surface area contributed by atoms with Crippen molar-refractivity contribution in [2.75, 3.05) is 26.6 Å². The highest BCUT2D eigenvalue weighted by molar-refractivity contribution is 7.99. The first-order valence-corrected chi connectivity index (χ1v) is 5.88. The van der Waals surface area contributed by atoms with Crippen molar-refractivity contribution in [1.29, 1.82) is 0 Å². The number of rotatable bonds is 7. The minimum absolute atomic E-state index is 0.152. The van der Waals surface area contributed by atoms with Crippen molar-refractivity contribution in [2.45, 2.75) is 18.4 Å². The summed E-state index contributed by atoms with van der Waals surface area (Å²) < 4.78 is 19.8. The number of esters is 1. The van der Waals surface area contributed by atoms with Crippen molar-refractivity contribution in [1.82, 2.24) is 10.2 Å². The van der Waals surface area contributed by atoms with Gasteiger partial charge in [0, 0.05) is 14.2 Å². The lowest BCUT2D eigenvalue weighted by atomic mass is 10.7. The van der Waals surface area contributed by atoms with Gasteiger partial charge in [-0.1, -0.05) is 16.9 Å². The maximum atomic E-state index is 11.2. The van der Waals surface area contributed by atoms with E-state index in [1.165, 1.54) is 26.0 Å². The Bertz CT molecular complexity index is 353. The largest absolute Gasteiger partial charge is 0.459 e. The maximum Gasteiger partial charge on any atom is 0.396 e. The van der Waals surface area contributed by atoms with Gasteiger partial charge in [0.05, 0.1) is 12.4 Å². The molecule has 96 valence electrons. The molecule has 8 heteroatoms. The van der Waals surface area contributed by atoms with Crippen molar-refractivity contribution in [3.8, 4) is 0 Å². The van der Waals surface area contributed by atoms with E-state index in [-0.39, 0.29) is 24.0 Å². The van der Waals surface area contributed by atoms with Gasteiger partial charge < -0.3 is 18.6 Å². The lowest BCUT2D eigenvalue weighted by molar-refractivity contribution is -0.0843. The average Bonchev–Trinajstić information content (AvgIpc) is 2.79. The van der Waals surface area contributed by atoms with E-state index in [0.717, 1.165) is 0 Å². The van der Waals surface area contributed by atoms with Gasteiger partial charge >= 0.3 is 11.9 Å². The van der Waals surface area contributed by atoms with Crippen LogP contribution in [0, 0.1) is 0 Å². The first-order chi connectivity index (χ1) is 8.21. The van der Waals surface area contributed by atoms with E-state index < -0.39 is 5.97 Å². The molecule has 0 unspecified atom stereocenters. The summed E-state index contributed by atoms with van der Waals surface area (Å²) in [4.78, 5) is 11.2. The molecule has 0 bridgehead atoms. The van der Waals surface area contributed by atoms with Gasteiger partial charge in [-0.3, -0.25) is 0 Å². The number of hydrogen-bond donors (Lipinski definition) is 0. The number of aromatic nitrogens is 2. The molecule has 0 atom stereocenters. The van der Waals surface area contributed by atoms with Crippen LogP contribution in [0.15, 0.2) is 9.64 Å². The molecule has 1 aromatic heterocycles. The molecule has 0 aliphatic heterocycles. The fourth-order valence-electron chi connectivity index (χ4n) is 0.915. The molecule has 0 saturated heterocycles. The molecule has 7 nitrogen and oxygen atoms in total. The third-order valence-corrected chi connectivity index (χ3v) is 2.58. The zero-order valence-corrected chi connectivity index (χ0v) is 10.7. The molecule has 1 heterocycles. The van der Waals surface area contributed by atoms with Crippen molar-refractivity contribution in [3.05, 3.63) is 5.89 Å². The summed E-state index contributed by atoms with van der Waals surface area (Å²) in [6, 6.07) is 0. The van der Waals surface area contributed by atoms with Crippen molar-refractivity contribution in [2.24, 2.45) is 0 Å². The van der Waals surface area contributed by atoms with Gasteiger partial charge in [0.15, 0.2) is 6.29 Å². The minimum Gasteiger partial charge on any atom is -0.459 e. The van der Waals surface area contributed by atoms with Gasteiger partial charge in [-0.2, -0.15) is 0 Å². The Morgan fingerprint density at radius 3 is 2.71 bits per heavy atom. The zero-order valence-electron chi connectivity index (χ0n) is 9.84. The van der Waals surface area contributed by atoms with Gasteiger partial charge in [-0.15, -0.1) is 5.10 Å². The van der Waals surface area contributed by atoms with E-state index in [1.54, 1.807) is 6.92 Å². The Morgan fingerprint density at radius 2 is 2.12 bits per heavy atom. The van der Waals surface area contributed by atoms with Crippen molar-refractivity contribution < 1.29 is 23.4 Å². The molecule has 0 spiro atoms. The predicted molar refractivity (Wildman–Crippen MR) is 58.8 cm³/mol. The fourth-order valence-corrected chi connectivity index (χ4v) is 1.70. The third-order valence-electron chi connectivity index (χ3n) is 1.73. The topological polar surface area (TPSA) is 83.7 Å². The zero-order chi connectivity index (χ0) is 12.7. The molecule has 0 aliphatic carbocycles. The first-order valence-electron chi connectivity index (χ1n) is 4.90. The molecular formula is C9H14N2O5S. The summed E-state index contributed by atoms with van der Waals surface area (Å²) in [7, 11) is 3.07. The SMILES string of the molecule is CCOC(=O)c1nnc(SCC(OC)OC)o1. The predicted octanol–water partition coefficient (Wildman–Crippen LogP) is 0.957. The Labute approximate surface area is 103 Å². The summed E-state index contributed by atoms with van der Waals surface area (Å²) in [5, 5.41) is 7.54. The number of nitrogens with zero attached hydrogens (tertiary/aromatic N) is 2. The van der Waals surface area contributed by atoms with Crippen LogP contribution in [0.25, 0.3) is 0 Å². The molecule has 17 heavy (non-hydrogen) atoms. The number of carbonyl (C=O) groups is 1. The van der Waals surface area contributed by atoms with Crippen LogP contribution >= 0.6 is 11.8 Å². The second-order valence-electron chi connectivity index (χ2n) is 2.81. The van der Waals surface area contributed by atoms with Crippen LogP contribution in [0.5, 0.6) is 0 Å². The van der Waals surface area contributed by atoms with E-state index >= 15 is 0 Å². The fraction of sp³-hybridized carbons (Fsp3) is 0.667. The second kappa shape index (κ2) is 7.25. The van der Waals surface area contributed by atoms with Crippen molar-refractivity contribution >= 4 is 17.7 Å². The second-order valence-corrected chi connectivity index (χ2v) is 3.78. The van der Waals surface area contributed by atoms with Crippen LogP contribution in [-0.4, -0.2) is 49.0 Å². The third kappa shape index (κ3) is 4.33. The highest BCUT2D eigenvalue weighted by Crippen LogP contribution is 2.18. The summed E-state index contributed by atoms with van der Waals surface area (Å²) in [5.74, 6) is -0.292. The Balaban J connectivity index is 2.48. The van der Waals surface area contributed by atoms with Crippen LogP contribution in [0.1, 0.15) is 17.6 Å². The van der Waals surface area contributed by atoms with Crippen LogP contribution in [0.3, 0.4) is 0 Å². The van der Waals surface area contributed by atoms with E-state index in [2.05, 4.69) is 10.2 Å². The minimum atomic E-state index is -0.623. The van der Waals surface area contributed by atoms with Gasteiger partial charge in [0.25, 0.3) is 5.22 Å². The lowest BCUT2D eigenvalue weighted by Crippen LogP contribution is -2.15. The van der Waals surface area contributed by atoms with Crippen LogP contribution < -0.4 is 0 Å². The van der Waals surface area contributed by atoms with Crippen LogP contribution in [0.4, 0.5) is 0 Å². The molecule has 0 N–H and O–H groups in total. The van der Waals surface area contributed by atoms with E-state index in [0.29, 0.717) is 5.75 Å². The number of methoxy groups -OCH3 is 2. The maximum absolute atomic E-state index is 11.2. The molecule has 1 aromatic rings. The number of ether oxygens (including phenoxy) is 3. The Kier molecular flexibility index (Phi) is 5.95. The standard InChI is InChI=1S/C9H14N2O5S/c1-4-15-8(12)7-10-11-9(16-7)17-5-6(13-2)14-3/h6H,4-5H2,1-3H3. The van der Waals surface area contributed by atoms with Crippen LogP contribution in [-0.2, 0) is 14.2 Å². The van der Waals surface area contributed by atoms with Crippen molar-refractivity contribution in [3.63, 3.8) is 0 Å². The number of carbonyl (C=O) groups excluding carboxylic acids is 1. The van der Waals surface area contributed by atoms with E-state index in [1.807, 2.05) is 0 Å². The average molecular weight is 262 g/mol. The quantitative estimate of drug-likeness (QED) is 0.408. The van der Waals surface area contributed by atoms with Crippen LogP contribution in [0.2, 0.25) is 0 Å². The normalized spacial score (nSPS) is 10.8. The Hall–Kier alpha value is -1.12. The van der Waals surface area contributed by atoms with Gasteiger partial charge in [0.1, 0.15) is 0 Å². The van der Waals surface area contributed by atoms with E-state index in [9.17, 15) is 4.79 Å². The number of hydrogen-bond acceptors (Lipinski definition) is 8. The van der Waals surface area contributed by atoms with E-state index in [4.69, 9.17) is 18.6 Å². The molecule has 1 rings (SSSR count). The highest BCUT2D eigenvalue weighted by Gasteiger charge is 2.17. The molecular weight excluding hydrogens is 248 g/mol. The van der Waals surface area contributed by atoms with Gasteiger partial charge in [0.2, 0.25) is 0 Å². The summed E-state index contributed by atoms with van der Waals surface area (Å²) >= 11 is 1.24. The Morgan fingerprint density at radius 1 is 1.41 bits per heavy atom. The summed E-state index contributed by atoms with van der Waals surface area (Å²) in [6.45, 7) is 1.96. The monoisotopic (exact) mass is 262 g/mol. The van der Waals surface area contributed by atoms with Gasteiger partial charge in [-0.25, -0.2) is 4.79 Å². The highest BCUT2D eigenvalue weighted by atomic mass is 32.2. The number of thioether (sulfide) groups is 1. The lowest BCUT2D eigenvalue weighted by Gasteiger charge is -2.10. The molecule has 0 saturated carbocycles. The van der Waals surface area contributed by atoms with Gasteiger partial charge in [-0.05, 0) is 6.92 Å². The molecule has 0 amide bonds.